The van der Waals surface area contributed by atoms with Gasteiger partial charge in [-0.05, 0) is 56.5 Å². The molecule has 1 aliphatic rings. The van der Waals surface area contributed by atoms with E-state index in [9.17, 15) is 9.59 Å². The van der Waals surface area contributed by atoms with E-state index in [1.54, 1.807) is 31.4 Å². The number of hydrogen-bond donors (Lipinski definition) is 3. The van der Waals surface area contributed by atoms with Gasteiger partial charge in [0.05, 0.1) is 25.5 Å². The van der Waals surface area contributed by atoms with Crippen LogP contribution in [0.1, 0.15) is 43.5 Å². The zero-order chi connectivity index (χ0) is 23.1. The third-order valence-electron chi connectivity index (χ3n) is 5.59. The van der Waals surface area contributed by atoms with Crippen molar-refractivity contribution in [2.75, 3.05) is 42.8 Å². The molecule has 0 saturated carbocycles. The molecule has 172 valence electrons. The number of hydrogen-bond acceptors (Lipinski definition) is 5. The van der Waals surface area contributed by atoms with Gasteiger partial charge < -0.3 is 30.3 Å². The summed E-state index contributed by atoms with van der Waals surface area (Å²) in [6.07, 6.45) is 3.06. The van der Waals surface area contributed by atoms with Gasteiger partial charge in [-0.3, -0.25) is 4.79 Å². The molecule has 1 saturated heterocycles. The maximum Gasteiger partial charge on any atom is 0.323 e. The lowest BCUT2D eigenvalue weighted by Gasteiger charge is -2.23. The number of nitrogens with zero attached hydrogens (tertiary/aromatic N) is 1. The lowest BCUT2D eigenvalue weighted by molar-refractivity contribution is 0.0939. The largest absolute Gasteiger partial charge is 0.497 e. The predicted molar refractivity (Wildman–Crippen MR) is 127 cm³/mol. The first-order valence-electron chi connectivity index (χ1n) is 10.9. The van der Waals surface area contributed by atoms with Gasteiger partial charge in [-0.15, -0.1) is 0 Å². The summed E-state index contributed by atoms with van der Waals surface area (Å²) in [6, 6.07) is 10.2. The predicted octanol–water partition coefficient (Wildman–Crippen LogP) is 4.48. The van der Waals surface area contributed by atoms with Crippen LogP contribution in [-0.2, 0) is 0 Å². The standard InChI is InChI=1S/C24H32N4O4/c1-5-16(2)25-23(29)19-14-17(8-11-21(19)28-12-6-7-13-28)26-24(30)27-20-10-9-18(31-3)15-22(20)32-4/h8-11,14-16H,5-7,12-13H2,1-4H3,(H,25,29)(H2,26,27,30). The van der Waals surface area contributed by atoms with Crippen LogP contribution in [0.5, 0.6) is 11.5 Å². The Bertz CT molecular complexity index is 957. The first kappa shape index (κ1) is 23.2. The number of urea groups is 1. The zero-order valence-electron chi connectivity index (χ0n) is 19.2. The normalized spacial score (nSPS) is 13.9. The number of nitrogens with one attached hydrogen (secondary N) is 3. The van der Waals surface area contributed by atoms with Crippen LogP contribution in [0.2, 0.25) is 0 Å². The second kappa shape index (κ2) is 10.7. The Morgan fingerprint density at radius 3 is 2.44 bits per heavy atom. The van der Waals surface area contributed by atoms with E-state index in [1.807, 2.05) is 26.0 Å². The fourth-order valence-electron chi connectivity index (χ4n) is 3.62. The van der Waals surface area contributed by atoms with Crippen molar-refractivity contribution in [3.05, 3.63) is 42.0 Å². The van der Waals surface area contributed by atoms with Crippen molar-refractivity contribution in [1.29, 1.82) is 0 Å². The van der Waals surface area contributed by atoms with Crippen molar-refractivity contribution in [3.8, 4) is 11.5 Å². The van der Waals surface area contributed by atoms with E-state index in [4.69, 9.17) is 9.47 Å². The van der Waals surface area contributed by atoms with Gasteiger partial charge in [-0.1, -0.05) is 6.92 Å². The summed E-state index contributed by atoms with van der Waals surface area (Å²) in [7, 11) is 3.09. The molecule has 8 heteroatoms. The minimum atomic E-state index is -0.435. The summed E-state index contributed by atoms with van der Waals surface area (Å²) in [5.74, 6) is 0.974. The van der Waals surface area contributed by atoms with Crippen molar-refractivity contribution in [2.45, 2.75) is 39.2 Å². The molecule has 0 aromatic heterocycles. The molecule has 1 atom stereocenters. The molecule has 1 heterocycles. The first-order valence-corrected chi connectivity index (χ1v) is 10.9. The fraction of sp³-hybridized carbons (Fsp3) is 0.417. The summed E-state index contributed by atoms with van der Waals surface area (Å²) >= 11 is 0. The van der Waals surface area contributed by atoms with E-state index in [0.717, 1.165) is 38.0 Å². The van der Waals surface area contributed by atoms with Crippen LogP contribution in [0.25, 0.3) is 0 Å². The molecule has 0 spiro atoms. The SMILES string of the molecule is CCC(C)NC(=O)c1cc(NC(=O)Nc2ccc(OC)cc2OC)ccc1N1CCCC1. The fourth-order valence-corrected chi connectivity index (χ4v) is 3.62. The van der Waals surface area contributed by atoms with Gasteiger partial charge >= 0.3 is 6.03 Å². The molecule has 3 amide bonds. The van der Waals surface area contributed by atoms with Crippen LogP contribution < -0.4 is 30.3 Å². The summed E-state index contributed by atoms with van der Waals surface area (Å²) in [5.41, 5.74) is 2.50. The Hall–Kier alpha value is -3.42. The van der Waals surface area contributed by atoms with E-state index in [-0.39, 0.29) is 11.9 Å². The molecule has 1 unspecified atom stereocenters. The third-order valence-corrected chi connectivity index (χ3v) is 5.59. The quantitative estimate of drug-likeness (QED) is 0.563. The van der Waals surface area contributed by atoms with Crippen LogP contribution in [0.4, 0.5) is 21.9 Å². The molecule has 1 aliphatic heterocycles. The van der Waals surface area contributed by atoms with Gasteiger partial charge in [0, 0.05) is 36.6 Å². The number of amides is 3. The number of methoxy groups -OCH3 is 2. The Morgan fingerprint density at radius 2 is 1.78 bits per heavy atom. The average molecular weight is 441 g/mol. The molecular weight excluding hydrogens is 408 g/mol. The van der Waals surface area contributed by atoms with Gasteiger partial charge in [0.15, 0.2) is 0 Å². The molecule has 0 radical (unpaired) electrons. The Morgan fingerprint density at radius 1 is 1.03 bits per heavy atom. The summed E-state index contributed by atoms with van der Waals surface area (Å²) in [5, 5.41) is 8.63. The van der Waals surface area contributed by atoms with E-state index >= 15 is 0 Å². The van der Waals surface area contributed by atoms with Crippen molar-refractivity contribution in [2.24, 2.45) is 0 Å². The van der Waals surface area contributed by atoms with E-state index in [1.165, 1.54) is 7.11 Å². The Balaban J connectivity index is 1.79. The van der Waals surface area contributed by atoms with Crippen molar-refractivity contribution >= 4 is 29.0 Å². The highest BCUT2D eigenvalue weighted by Crippen LogP contribution is 2.30. The van der Waals surface area contributed by atoms with Crippen LogP contribution in [0, 0.1) is 0 Å². The number of benzene rings is 2. The lowest BCUT2D eigenvalue weighted by Crippen LogP contribution is -2.33. The van der Waals surface area contributed by atoms with Gasteiger partial charge in [0.25, 0.3) is 5.91 Å². The summed E-state index contributed by atoms with van der Waals surface area (Å²) in [4.78, 5) is 27.8. The third kappa shape index (κ3) is 5.63. The highest BCUT2D eigenvalue weighted by atomic mass is 16.5. The van der Waals surface area contributed by atoms with E-state index < -0.39 is 6.03 Å². The van der Waals surface area contributed by atoms with E-state index in [2.05, 4.69) is 20.9 Å². The number of ether oxygens (including phenoxy) is 2. The summed E-state index contributed by atoms with van der Waals surface area (Å²) in [6.45, 7) is 5.86. The van der Waals surface area contributed by atoms with E-state index in [0.29, 0.717) is 28.4 Å². The topological polar surface area (TPSA) is 91.9 Å². The Labute approximate surface area is 189 Å². The molecule has 32 heavy (non-hydrogen) atoms. The van der Waals surface area contributed by atoms with Gasteiger partial charge in [-0.25, -0.2) is 4.79 Å². The number of carbonyl (C=O) groups is 2. The molecule has 2 aromatic carbocycles. The van der Waals surface area contributed by atoms with Crippen LogP contribution >= 0.6 is 0 Å². The second-order valence-corrected chi connectivity index (χ2v) is 7.85. The van der Waals surface area contributed by atoms with Gasteiger partial charge in [0.1, 0.15) is 11.5 Å². The number of rotatable bonds is 8. The Kier molecular flexibility index (Phi) is 7.81. The maximum absolute atomic E-state index is 13.0. The second-order valence-electron chi connectivity index (χ2n) is 7.85. The van der Waals surface area contributed by atoms with Crippen LogP contribution in [0.15, 0.2) is 36.4 Å². The summed E-state index contributed by atoms with van der Waals surface area (Å²) < 4.78 is 10.5. The van der Waals surface area contributed by atoms with Crippen LogP contribution in [0.3, 0.4) is 0 Å². The molecule has 0 bridgehead atoms. The highest BCUT2D eigenvalue weighted by molar-refractivity contribution is 6.04. The number of anilines is 3. The van der Waals surface area contributed by atoms with Gasteiger partial charge in [-0.2, -0.15) is 0 Å². The minimum absolute atomic E-state index is 0.0661. The molecule has 1 fully saturated rings. The smallest absolute Gasteiger partial charge is 0.323 e. The highest BCUT2D eigenvalue weighted by Gasteiger charge is 2.21. The monoisotopic (exact) mass is 440 g/mol. The van der Waals surface area contributed by atoms with Crippen LogP contribution in [-0.4, -0.2) is 45.3 Å². The molecule has 2 aromatic rings. The molecular formula is C24H32N4O4. The first-order chi connectivity index (χ1) is 15.4. The number of carbonyl (C=O) groups excluding carboxylic acids is 2. The van der Waals surface area contributed by atoms with Gasteiger partial charge in [0.2, 0.25) is 0 Å². The van der Waals surface area contributed by atoms with Crippen molar-refractivity contribution in [1.82, 2.24) is 5.32 Å². The maximum atomic E-state index is 13.0. The molecule has 3 rings (SSSR count). The molecule has 8 nitrogen and oxygen atoms in total. The molecule has 3 N–H and O–H groups in total. The molecule has 0 aliphatic carbocycles. The van der Waals surface area contributed by atoms with Crippen molar-refractivity contribution in [3.63, 3.8) is 0 Å². The zero-order valence-corrected chi connectivity index (χ0v) is 19.2. The average Bonchev–Trinajstić information content (AvgIpc) is 3.33. The van der Waals surface area contributed by atoms with Crippen molar-refractivity contribution < 1.29 is 19.1 Å². The minimum Gasteiger partial charge on any atom is -0.497 e. The lowest BCUT2D eigenvalue weighted by atomic mass is 10.1.